The molecule has 4 nitrogen and oxygen atoms in total. The number of aromatic nitrogens is 1. The molecule has 5 heteroatoms. The van der Waals surface area contributed by atoms with Crippen molar-refractivity contribution in [2.75, 3.05) is 25.5 Å². The molecule has 0 bridgehead atoms. The van der Waals surface area contributed by atoms with Crippen molar-refractivity contribution < 1.29 is 4.79 Å². The van der Waals surface area contributed by atoms with Crippen LogP contribution in [0, 0.1) is 0 Å². The molecule has 1 aliphatic rings. The molecule has 2 aromatic carbocycles. The molecule has 0 amide bonds. The predicted molar refractivity (Wildman–Crippen MR) is 112 cm³/mol. The molecule has 0 saturated heterocycles. The van der Waals surface area contributed by atoms with Gasteiger partial charge in [-0.2, -0.15) is 0 Å². The number of rotatable bonds is 4. The van der Waals surface area contributed by atoms with Crippen LogP contribution in [0.3, 0.4) is 0 Å². The van der Waals surface area contributed by atoms with Crippen LogP contribution in [0.25, 0.3) is 16.5 Å². The van der Waals surface area contributed by atoms with Crippen LogP contribution < -0.4 is 5.84 Å². The van der Waals surface area contributed by atoms with Gasteiger partial charge in [0.15, 0.2) is 5.78 Å². The summed E-state index contributed by atoms with van der Waals surface area (Å²) in [5.74, 6) is 6.10. The third-order valence-corrected chi connectivity index (χ3v) is 5.63. The topological polar surface area (TPSA) is 51.3 Å². The molecule has 138 valence electrons. The molecule has 1 aromatic heterocycles. The van der Waals surface area contributed by atoms with Gasteiger partial charge in [0.25, 0.3) is 0 Å². The zero-order chi connectivity index (χ0) is 19.0. The largest absolute Gasteiger partial charge is 0.339 e. The third-order valence-electron chi connectivity index (χ3n) is 5.30. The Labute approximate surface area is 163 Å². The summed E-state index contributed by atoms with van der Waals surface area (Å²) in [6, 6.07) is 12.8. The Morgan fingerprint density at radius 3 is 2.74 bits per heavy atom. The summed E-state index contributed by atoms with van der Waals surface area (Å²) in [7, 11) is 0. The number of carbonyl (C=O) groups excluding carboxylic acids is 1. The molecule has 0 unspecified atom stereocenters. The first kappa shape index (κ1) is 17.8. The van der Waals surface area contributed by atoms with Crippen molar-refractivity contribution in [1.29, 1.82) is 0 Å². The minimum absolute atomic E-state index is 0.0759. The van der Waals surface area contributed by atoms with Crippen LogP contribution in [0.5, 0.6) is 0 Å². The van der Waals surface area contributed by atoms with Gasteiger partial charge in [-0.25, -0.2) is 0 Å². The highest BCUT2D eigenvalue weighted by Gasteiger charge is 2.18. The smallest absolute Gasteiger partial charge is 0.194 e. The molecule has 27 heavy (non-hydrogen) atoms. The van der Waals surface area contributed by atoms with Gasteiger partial charge in [-0.1, -0.05) is 36.7 Å². The van der Waals surface area contributed by atoms with Gasteiger partial charge in [0, 0.05) is 41.4 Å². The Morgan fingerprint density at radius 1 is 1.22 bits per heavy atom. The van der Waals surface area contributed by atoms with Crippen LogP contribution in [0.15, 0.2) is 54.7 Å². The van der Waals surface area contributed by atoms with E-state index in [-0.39, 0.29) is 5.78 Å². The van der Waals surface area contributed by atoms with Gasteiger partial charge in [-0.3, -0.25) is 14.4 Å². The Kier molecular flexibility index (Phi) is 4.77. The average Bonchev–Trinajstić information content (AvgIpc) is 3.04. The van der Waals surface area contributed by atoms with Gasteiger partial charge in [0.2, 0.25) is 0 Å². The van der Waals surface area contributed by atoms with Crippen molar-refractivity contribution in [3.63, 3.8) is 0 Å². The molecule has 1 aliphatic heterocycles. The van der Waals surface area contributed by atoms with Gasteiger partial charge in [-0.05, 0) is 48.9 Å². The lowest BCUT2D eigenvalue weighted by Crippen LogP contribution is -2.28. The van der Waals surface area contributed by atoms with Crippen LogP contribution in [-0.4, -0.2) is 35.0 Å². The van der Waals surface area contributed by atoms with Crippen LogP contribution in [0.4, 0.5) is 0 Å². The summed E-state index contributed by atoms with van der Waals surface area (Å²) in [6.07, 6.45) is 5.21. The summed E-state index contributed by atoms with van der Waals surface area (Å²) < 4.78 is 1.64. The Morgan fingerprint density at radius 2 is 2.04 bits per heavy atom. The van der Waals surface area contributed by atoms with E-state index < -0.39 is 0 Å². The van der Waals surface area contributed by atoms with Crippen molar-refractivity contribution in [3.05, 3.63) is 76.5 Å². The fourth-order valence-corrected chi connectivity index (χ4v) is 3.92. The Hall–Kier alpha value is -2.56. The zero-order valence-electron chi connectivity index (χ0n) is 15.3. The highest BCUT2D eigenvalue weighted by Crippen LogP contribution is 2.31. The van der Waals surface area contributed by atoms with E-state index in [2.05, 4.69) is 17.9 Å². The molecule has 3 aromatic rings. The lowest BCUT2D eigenvalue weighted by atomic mass is 9.96. The van der Waals surface area contributed by atoms with Crippen molar-refractivity contribution in [1.82, 2.24) is 9.58 Å². The van der Waals surface area contributed by atoms with E-state index in [1.165, 1.54) is 5.57 Å². The second kappa shape index (κ2) is 7.22. The molecule has 0 aliphatic carbocycles. The SMILES string of the molecule is CCN1CC=C(c2cn(N)c3ccc(C(=O)c4ccccc4Cl)cc23)CC1. The second-order valence-corrected chi connectivity index (χ2v) is 7.27. The van der Waals surface area contributed by atoms with Gasteiger partial charge in [0.05, 0.1) is 10.5 Å². The fourth-order valence-electron chi connectivity index (χ4n) is 3.70. The van der Waals surface area contributed by atoms with E-state index in [0.29, 0.717) is 16.1 Å². The zero-order valence-corrected chi connectivity index (χ0v) is 16.0. The number of hydrogen-bond acceptors (Lipinski definition) is 3. The van der Waals surface area contributed by atoms with E-state index >= 15 is 0 Å². The van der Waals surface area contributed by atoms with Crippen LogP contribution in [0.2, 0.25) is 5.02 Å². The molecule has 0 atom stereocenters. The van der Waals surface area contributed by atoms with Crippen molar-refractivity contribution in [2.45, 2.75) is 13.3 Å². The maximum Gasteiger partial charge on any atom is 0.194 e. The molecule has 0 saturated carbocycles. The molecular formula is C22H22ClN3O. The molecule has 2 N–H and O–H groups in total. The van der Waals surface area contributed by atoms with Crippen molar-refractivity contribution in [2.24, 2.45) is 0 Å². The lowest BCUT2D eigenvalue weighted by molar-refractivity contribution is 0.103. The van der Waals surface area contributed by atoms with Crippen molar-refractivity contribution in [3.8, 4) is 0 Å². The summed E-state index contributed by atoms with van der Waals surface area (Å²) in [4.78, 5) is 15.3. The van der Waals surface area contributed by atoms with Crippen molar-refractivity contribution >= 4 is 33.9 Å². The number of likely N-dealkylation sites (N-methyl/N-ethyl adjacent to an activating group) is 1. The minimum atomic E-state index is -0.0759. The van der Waals surface area contributed by atoms with Gasteiger partial charge < -0.3 is 5.84 Å². The minimum Gasteiger partial charge on any atom is -0.339 e. The fraction of sp³-hybridized carbons (Fsp3) is 0.227. The van der Waals surface area contributed by atoms with Crippen LogP contribution >= 0.6 is 11.6 Å². The number of hydrogen-bond donors (Lipinski definition) is 1. The lowest BCUT2D eigenvalue weighted by Gasteiger charge is -2.24. The maximum atomic E-state index is 12.9. The molecule has 0 spiro atoms. The average molecular weight is 380 g/mol. The van der Waals surface area contributed by atoms with Crippen LogP contribution in [0.1, 0.15) is 34.8 Å². The monoisotopic (exact) mass is 379 g/mol. The first-order chi connectivity index (χ1) is 13.1. The van der Waals surface area contributed by atoms with E-state index in [9.17, 15) is 4.79 Å². The third kappa shape index (κ3) is 3.27. The number of nitrogen functional groups attached to an aromatic ring is 1. The van der Waals surface area contributed by atoms with E-state index in [4.69, 9.17) is 17.4 Å². The number of nitrogens with two attached hydrogens (primary N) is 1. The summed E-state index contributed by atoms with van der Waals surface area (Å²) in [5.41, 5.74) is 4.45. The summed E-state index contributed by atoms with van der Waals surface area (Å²) in [6.45, 7) is 5.22. The predicted octanol–water partition coefficient (Wildman–Crippen LogP) is 4.35. The Bertz CT molecular complexity index is 1050. The van der Waals surface area contributed by atoms with Gasteiger partial charge in [0.1, 0.15) is 0 Å². The first-order valence-corrected chi connectivity index (χ1v) is 9.57. The molecular weight excluding hydrogens is 358 g/mol. The number of ketones is 1. The first-order valence-electron chi connectivity index (χ1n) is 9.19. The summed E-state index contributed by atoms with van der Waals surface area (Å²) >= 11 is 6.21. The number of halogens is 1. The van der Waals surface area contributed by atoms with E-state index in [0.717, 1.165) is 42.5 Å². The van der Waals surface area contributed by atoms with Crippen LogP contribution in [-0.2, 0) is 0 Å². The highest BCUT2D eigenvalue weighted by atomic mass is 35.5. The summed E-state index contributed by atoms with van der Waals surface area (Å²) in [5, 5.41) is 1.47. The number of carbonyl (C=O) groups is 1. The number of nitrogens with zero attached hydrogens (tertiary/aromatic N) is 2. The maximum absolute atomic E-state index is 12.9. The molecule has 0 radical (unpaired) electrons. The quantitative estimate of drug-likeness (QED) is 0.541. The second-order valence-electron chi connectivity index (χ2n) is 6.86. The highest BCUT2D eigenvalue weighted by molar-refractivity contribution is 6.35. The number of benzene rings is 2. The molecule has 2 heterocycles. The Balaban J connectivity index is 1.77. The van der Waals surface area contributed by atoms with Gasteiger partial charge in [-0.15, -0.1) is 0 Å². The molecule has 0 fully saturated rings. The van der Waals surface area contributed by atoms with Gasteiger partial charge >= 0.3 is 0 Å². The molecule has 4 rings (SSSR count). The normalized spacial score (nSPS) is 15.1. The standard InChI is InChI=1S/C22H22ClN3O/c1-2-25-11-9-15(10-12-25)19-14-26(24)21-8-7-16(13-18(19)21)22(27)17-5-3-4-6-20(17)23/h3-9,13-14H,2,10-12,24H2,1H3. The van der Waals surface area contributed by atoms with E-state index in [1.54, 1.807) is 16.8 Å². The number of fused-ring (bicyclic) bond motifs is 1. The van der Waals surface area contributed by atoms with E-state index in [1.807, 2.05) is 36.5 Å².